The average Bonchev–Trinajstić information content (AvgIpc) is 2.35. The van der Waals surface area contributed by atoms with E-state index in [1.807, 2.05) is 6.92 Å². The SMILES string of the molecule is CCCCN=C(N)N1C[C@H](O)[C@@H](O)[C@H](O)[C@H]1CO.Cl. The van der Waals surface area contributed by atoms with Crippen LogP contribution in [0.1, 0.15) is 19.8 Å². The van der Waals surface area contributed by atoms with Crippen molar-refractivity contribution in [2.45, 2.75) is 44.1 Å². The number of aliphatic hydroxyl groups excluding tert-OH is 4. The van der Waals surface area contributed by atoms with E-state index in [2.05, 4.69) is 4.99 Å². The van der Waals surface area contributed by atoms with Gasteiger partial charge in [0.15, 0.2) is 5.96 Å². The monoisotopic (exact) mass is 297 g/mol. The van der Waals surface area contributed by atoms with Crippen molar-refractivity contribution in [3.63, 3.8) is 0 Å². The number of hydrogen-bond donors (Lipinski definition) is 5. The van der Waals surface area contributed by atoms with Gasteiger partial charge in [0.25, 0.3) is 0 Å². The smallest absolute Gasteiger partial charge is 0.191 e. The normalized spacial score (nSPS) is 32.1. The molecule has 0 amide bonds. The van der Waals surface area contributed by atoms with Crippen LogP contribution in [0.3, 0.4) is 0 Å². The predicted molar refractivity (Wildman–Crippen MR) is 74.2 cm³/mol. The highest BCUT2D eigenvalue weighted by Crippen LogP contribution is 2.18. The van der Waals surface area contributed by atoms with Crippen molar-refractivity contribution in [2.24, 2.45) is 10.7 Å². The number of nitrogens with zero attached hydrogens (tertiary/aromatic N) is 2. The first-order valence-corrected chi connectivity index (χ1v) is 6.24. The van der Waals surface area contributed by atoms with Gasteiger partial charge in [-0.25, -0.2) is 0 Å². The van der Waals surface area contributed by atoms with Gasteiger partial charge in [-0.3, -0.25) is 4.99 Å². The molecular formula is C11H24ClN3O4. The molecule has 4 atom stereocenters. The zero-order valence-corrected chi connectivity index (χ0v) is 11.8. The summed E-state index contributed by atoms with van der Waals surface area (Å²) >= 11 is 0. The molecule has 19 heavy (non-hydrogen) atoms. The maximum atomic E-state index is 9.78. The van der Waals surface area contributed by atoms with Gasteiger partial charge in [-0.2, -0.15) is 0 Å². The molecular weight excluding hydrogens is 274 g/mol. The van der Waals surface area contributed by atoms with E-state index < -0.39 is 24.4 Å². The van der Waals surface area contributed by atoms with Gasteiger partial charge < -0.3 is 31.1 Å². The maximum absolute atomic E-state index is 9.78. The van der Waals surface area contributed by atoms with Crippen LogP contribution in [-0.2, 0) is 0 Å². The second-order valence-electron chi connectivity index (χ2n) is 4.54. The lowest BCUT2D eigenvalue weighted by molar-refractivity contribution is -0.128. The molecule has 0 unspecified atom stereocenters. The van der Waals surface area contributed by atoms with Crippen LogP contribution >= 0.6 is 12.4 Å². The second-order valence-corrected chi connectivity index (χ2v) is 4.54. The Morgan fingerprint density at radius 1 is 1.32 bits per heavy atom. The number of unbranched alkanes of at least 4 members (excludes halogenated alkanes) is 1. The van der Waals surface area contributed by atoms with Gasteiger partial charge in [0.05, 0.1) is 12.6 Å². The molecule has 1 saturated heterocycles. The van der Waals surface area contributed by atoms with Crippen LogP contribution in [0.15, 0.2) is 4.99 Å². The van der Waals surface area contributed by atoms with Crippen molar-refractivity contribution < 1.29 is 20.4 Å². The van der Waals surface area contributed by atoms with Crippen LogP contribution in [0, 0.1) is 0 Å². The molecule has 114 valence electrons. The lowest BCUT2D eigenvalue weighted by Crippen LogP contribution is -2.65. The molecule has 7 nitrogen and oxygen atoms in total. The Balaban J connectivity index is 0.00000324. The zero-order valence-electron chi connectivity index (χ0n) is 11.0. The van der Waals surface area contributed by atoms with Gasteiger partial charge in [0.1, 0.15) is 18.3 Å². The van der Waals surface area contributed by atoms with Gasteiger partial charge in [-0.05, 0) is 6.42 Å². The molecule has 0 aromatic carbocycles. The lowest BCUT2D eigenvalue weighted by Gasteiger charge is -2.43. The molecule has 0 aromatic heterocycles. The fourth-order valence-corrected chi connectivity index (χ4v) is 2.00. The van der Waals surface area contributed by atoms with Crippen LogP contribution in [0.4, 0.5) is 0 Å². The van der Waals surface area contributed by atoms with E-state index in [4.69, 9.17) is 5.73 Å². The Bertz CT molecular complexity index is 293. The molecule has 1 fully saturated rings. The molecule has 0 bridgehead atoms. The summed E-state index contributed by atoms with van der Waals surface area (Å²) in [6.07, 6.45) is -1.75. The largest absolute Gasteiger partial charge is 0.394 e. The van der Waals surface area contributed by atoms with Gasteiger partial charge >= 0.3 is 0 Å². The Morgan fingerprint density at radius 2 is 1.95 bits per heavy atom. The minimum absolute atomic E-state index is 0. The number of likely N-dealkylation sites (tertiary alicyclic amines) is 1. The number of β-amino-alcohol motifs (C(OH)–C–C–N with tert-alkyl or cyclic N) is 1. The molecule has 1 rings (SSSR count). The lowest BCUT2D eigenvalue weighted by atomic mass is 9.94. The second kappa shape index (κ2) is 8.55. The van der Waals surface area contributed by atoms with Crippen LogP contribution in [0.5, 0.6) is 0 Å². The Hall–Kier alpha value is -0.600. The molecule has 1 aliphatic heterocycles. The van der Waals surface area contributed by atoms with Gasteiger partial charge in [-0.1, -0.05) is 13.3 Å². The highest BCUT2D eigenvalue weighted by molar-refractivity contribution is 5.85. The highest BCUT2D eigenvalue weighted by atomic mass is 35.5. The maximum Gasteiger partial charge on any atom is 0.191 e. The first-order valence-electron chi connectivity index (χ1n) is 6.24. The zero-order chi connectivity index (χ0) is 13.7. The number of guanidine groups is 1. The third-order valence-electron chi connectivity index (χ3n) is 3.19. The van der Waals surface area contributed by atoms with Crippen LogP contribution in [0.2, 0.25) is 0 Å². The Morgan fingerprint density at radius 3 is 2.47 bits per heavy atom. The van der Waals surface area contributed by atoms with Crippen molar-refractivity contribution in [2.75, 3.05) is 19.7 Å². The molecule has 0 aliphatic carbocycles. The third kappa shape index (κ3) is 4.47. The Kier molecular flexibility index (Phi) is 8.28. The molecule has 0 radical (unpaired) electrons. The number of aliphatic hydroxyl groups is 4. The highest BCUT2D eigenvalue weighted by Gasteiger charge is 2.41. The third-order valence-corrected chi connectivity index (χ3v) is 3.19. The molecule has 1 aliphatic rings. The van der Waals surface area contributed by atoms with E-state index in [0.29, 0.717) is 6.54 Å². The summed E-state index contributed by atoms with van der Waals surface area (Å²) in [6, 6.07) is -0.742. The molecule has 8 heteroatoms. The molecule has 1 heterocycles. The molecule has 0 spiro atoms. The van der Waals surface area contributed by atoms with Crippen LogP contribution in [-0.4, -0.2) is 75.3 Å². The van der Waals surface area contributed by atoms with E-state index in [1.54, 1.807) is 0 Å². The summed E-state index contributed by atoms with van der Waals surface area (Å²) < 4.78 is 0. The van der Waals surface area contributed by atoms with Crippen molar-refractivity contribution in [3.05, 3.63) is 0 Å². The minimum atomic E-state index is -1.28. The number of nitrogens with two attached hydrogens (primary N) is 1. The van der Waals surface area contributed by atoms with Crippen molar-refractivity contribution in [1.29, 1.82) is 0 Å². The summed E-state index contributed by atoms with van der Waals surface area (Å²) in [5.41, 5.74) is 5.79. The molecule has 0 aromatic rings. The van der Waals surface area contributed by atoms with Gasteiger partial charge in [-0.15, -0.1) is 12.4 Å². The molecule has 0 saturated carbocycles. The first kappa shape index (κ1) is 18.4. The van der Waals surface area contributed by atoms with Crippen molar-refractivity contribution in [1.82, 2.24) is 4.90 Å². The fourth-order valence-electron chi connectivity index (χ4n) is 2.00. The van der Waals surface area contributed by atoms with E-state index >= 15 is 0 Å². The van der Waals surface area contributed by atoms with Gasteiger partial charge in [0, 0.05) is 13.1 Å². The quantitative estimate of drug-likeness (QED) is 0.239. The van der Waals surface area contributed by atoms with Crippen LogP contribution < -0.4 is 5.73 Å². The summed E-state index contributed by atoms with van der Waals surface area (Å²) in [5, 5.41) is 38.2. The summed E-state index contributed by atoms with van der Waals surface area (Å²) in [6.45, 7) is 2.28. The summed E-state index contributed by atoms with van der Waals surface area (Å²) in [5.74, 6) is 0.174. The number of rotatable bonds is 4. The van der Waals surface area contributed by atoms with Crippen molar-refractivity contribution in [3.8, 4) is 0 Å². The van der Waals surface area contributed by atoms with Crippen LogP contribution in [0.25, 0.3) is 0 Å². The number of aliphatic imine (C=N–C) groups is 1. The summed E-state index contributed by atoms with van der Waals surface area (Å²) in [7, 11) is 0. The minimum Gasteiger partial charge on any atom is -0.394 e. The number of hydrogen-bond acceptors (Lipinski definition) is 5. The fraction of sp³-hybridized carbons (Fsp3) is 0.909. The number of piperidine rings is 1. The standard InChI is InChI=1S/C11H23N3O4.ClH/c1-2-3-4-13-11(12)14-5-8(16)10(18)9(17)7(14)6-15;/h7-10,15-18H,2-6H2,1H3,(H2,12,13);1H/t7-,8+,9-,10-;/m1./s1. The van der Waals surface area contributed by atoms with Gasteiger partial charge in [0.2, 0.25) is 0 Å². The van der Waals surface area contributed by atoms with E-state index in [1.165, 1.54) is 4.90 Å². The predicted octanol–water partition coefficient (Wildman–Crippen LogP) is -1.72. The van der Waals surface area contributed by atoms with E-state index in [-0.39, 0.29) is 31.5 Å². The molecule has 6 N–H and O–H groups in total. The average molecular weight is 298 g/mol. The Labute approximate surface area is 119 Å². The number of halogens is 1. The summed E-state index contributed by atoms with van der Waals surface area (Å²) in [4.78, 5) is 5.58. The van der Waals surface area contributed by atoms with Crippen molar-refractivity contribution >= 4 is 18.4 Å². The van der Waals surface area contributed by atoms with E-state index in [9.17, 15) is 20.4 Å². The topological polar surface area (TPSA) is 123 Å². The van der Waals surface area contributed by atoms with E-state index in [0.717, 1.165) is 12.8 Å². The first-order chi connectivity index (χ1) is 8.52.